The number of carbonyl (C=O) groups excluding carboxylic acids is 3. The van der Waals surface area contributed by atoms with Gasteiger partial charge in [0.2, 0.25) is 5.79 Å². The minimum atomic E-state index is -2.52. The number of aliphatic carboxylic acids is 1. The maximum Gasteiger partial charge on any atom is 0.326 e. The number of likely N-dealkylation sites (tertiary alicyclic amines) is 1. The van der Waals surface area contributed by atoms with E-state index >= 15 is 0 Å². The topological polar surface area (TPSA) is 210 Å². The number of carboxylic acids is 1. The molecule has 1 aliphatic carbocycles. The molecule has 3 fully saturated rings. The van der Waals surface area contributed by atoms with Crippen LogP contribution in [0.3, 0.4) is 0 Å². The Morgan fingerprint density at radius 3 is 2.26 bits per heavy atom. The van der Waals surface area contributed by atoms with Crippen LogP contribution in [0.5, 0.6) is 0 Å². The van der Waals surface area contributed by atoms with Crippen molar-refractivity contribution in [1.82, 2.24) is 4.90 Å². The van der Waals surface area contributed by atoms with E-state index in [2.05, 4.69) is 6.58 Å². The summed E-state index contributed by atoms with van der Waals surface area (Å²) in [6, 6.07) is -1.16. The molecule has 2 saturated heterocycles. The first-order valence-electron chi connectivity index (χ1n) is 20.9. The molecule has 0 aromatic rings. The third-order valence-corrected chi connectivity index (χ3v) is 12.7. The fourth-order valence-corrected chi connectivity index (χ4v) is 9.04. The summed E-state index contributed by atoms with van der Waals surface area (Å²) in [6.45, 7) is 13.0. The summed E-state index contributed by atoms with van der Waals surface area (Å²) >= 11 is 0. The van der Waals surface area contributed by atoms with E-state index in [1.165, 1.54) is 14.2 Å². The van der Waals surface area contributed by atoms with Gasteiger partial charge in [0.05, 0.1) is 36.6 Å². The predicted octanol–water partition coefficient (Wildman–Crippen LogP) is 4.16. The first-order chi connectivity index (χ1) is 27.3. The lowest BCUT2D eigenvalue weighted by molar-refractivity contribution is -0.302. The van der Waals surface area contributed by atoms with Crippen molar-refractivity contribution in [1.29, 1.82) is 0 Å². The summed E-state index contributed by atoms with van der Waals surface area (Å²) < 4.78 is 23.1. The summed E-state index contributed by atoms with van der Waals surface area (Å²) in [7, 11) is 4.56. The van der Waals surface area contributed by atoms with Gasteiger partial charge in [-0.25, -0.2) is 4.79 Å². The van der Waals surface area contributed by atoms with Crippen LogP contribution in [-0.4, -0.2) is 136 Å². The molecule has 14 unspecified atom stereocenters. The summed E-state index contributed by atoms with van der Waals surface area (Å²) in [4.78, 5) is 53.6. The maximum atomic E-state index is 13.7. The predicted molar refractivity (Wildman–Crippen MR) is 216 cm³/mol. The molecule has 3 rings (SSSR count). The number of hydrogen-bond donors (Lipinski definition) is 5. The number of nitrogens with zero attached hydrogens (tertiary/aromatic N) is 1. The highest BCUT2D eigenvalue weighted by molar-refractivity contribution is 6.39. The highest BCUT2D eigenvalue weighted by Gasteiger charge is 2.56. The van der Waals surface area contributed by atoms with Gasteiger partial charge < -0.3 is 49.4 Å². The Morgan fingerprint density at radius 1 is 0.983 bits per heavy atom. The highest BCUT2D eigenvalue weighted by atomic mass is 16.7. The summed E-state index contributed by atoms with van der Waals surface area (Å²) in [5, 5.41) is 53.8. The van der Waals surface area contributed by atoms with Crippen LogP contribution in [-0.2, 0) is 38.1 Å². The zero-order valence-corrected chi connectivity index (χ0v) is 35.9. The van der Waals surface area contributed by atoms with E-state index in [9.17, 15) is 44.7 Å². The van der Waals surface area contributed by atoms with Crippen LogP contribution in [0.25, 0.3) is 0 Å². The van der Waals surface area contributed by atoms with Gasteiger partial charge in [-0.15, -0.1) is 6.58 Å². The van der Waals surface area contributed by atoms with E-state index in [1.54, 1.807) is 27.0 Å². The van der Waals surface area contributed by atoms with Crippen molar-refractivity contribution in [2.24, 2.45) is 29.6 Å². The van der Waals surface area contributed by atoms with Gasteiger partial charge in [-0.2, -0.15) is 0 Å². The number of carbonyl (C=O) groups is 4. The van der Waals surface area contributed by atoms with Crippen LogP contribution in [0.1, 0.15) is 105 Å². The van der Waals surface area contributed by atoms with Gasteiger partial charge in [-0.1, -0.05) is 44.6 Å². The molecule has 58 heavy (non-hydrogen) atoms. The number of Topliss-reactive ketones (excluding diaryl/α,β-unsaturated/α-hetero) is 2. The Bertz CT molecular complexity index is 1460. The quantitative estimate of drug-likeness (QED) is 0.0815. The number of rotatable bonds is 21. The van der Waals surface area contributed by atoms with Crippen molar-refractivity contribution in [2.45, 2.75) is 160 Å². The molecule has 14 atom stereocenters. The second-order valence-electron chi connectivity index (χ2n) is 17.2. The summed E-state index contributed by atoms with van der Waals surface area (Å²) in [5.74, 6) is -8.12. The van der Waals surface area contributed by atoms with Crippen LogP contribution >= 0.6 is 0 Å². The van der Waals surface area contributed by atoms with Crippen LogP contribution in [0.2, 0.25) is 0 Å². The van der Waals surface area contributed by atoms with Gasteiger partial charge in [-0.05, 0) is 95.5 Å². The third kappa shape index (κ3) is 12.6. The molecule has 0 radical (unpaired) electrons. The SMILES string of the molecule is C=CCC(/C=C(\C)CC(C)CC(OC)C1OC(O)(C(=O)C(=O)N2CCCCC2C(=O)O)C(C)CC1OC)C(=O)CC(O)C(C)C(O)/C(C)=C/C1CCC(O)C(OC)C1. The molecule has 0 aromatic heterocycles. The molecule has 330 valence electrons. The number of piperidine rings is 1. The summed E-state index contributed by atoms with van der Waals surface area (Å²) in [6.07, 6.45) is 5.25. The van der Waals surface area contributed by atoms with E-state index < -0.39 is 83.9 Å². The van der Waals surface area contributed by atoms with Gasteiger partial charge >= 0.3 is 5.97 Å². The van der Waals surface area contributed by atoms with Crippen LogP contribution in [0.4, 0.5) is 0 Å². The molecule has 0 aromatic carbocycles. The molecule has 2 aliphatic heterocycles. The number of allylic oxidation sites excluding steroid dienone is 4. The molecular formula is C44H71NO13. The monoisotopic (exact) mass is 821 g/mol. The zero-order valence-electron chi connectivity index (χ0n) is 35.9. The van der Waals surface area contributed by atoms with E-state index in [0.717, 1.165) is 16.9 Å². The van der Waals surface area contributed by atoms with Crippen LogP contribution < -0.4 is 0 Å². The van der Waals surface area contributed by atoms with Gasteiger partial charge in [0, 0.05) is 52.0 Å². The van der Waals surface area contributed by atoms with Crippen LogP contribution in [0, 0.1) is 29.6 Å². The number of carboxylic acid groups (broad SMARTS) is 1. The van der Waals surface area contributed by atoms with E-state index in [0.29, 0.717) is 50.5 Å². The van der Waals surface area contributed by atoms with Gasteiger partial charge in [-0.3, -0.25) is 14.4 Å². The summed E-state index contributed by atoms with van der Waals surface area (Å²) in [5.41, 5.74) is 1.63. The first kappa shape index (κ1) is 49.5. The molecule has 3 aliphatic rings. The standard InChI is InChI=1S/C44H71NO13/c1-10-13-31(35(48)24-34(47)29(6)39(49)27(4)21-30-15-16-33(46)36(23-30)55-7)19-25(2)18-26(3)20-37(56-8)40-38(57-9)22-28(5)44(54,58-40)41(50)42(51)45-17-12-11-14-32(45)43(52)53/h10,19,21,26,28-34,36-40,46-47,49,54H,1,11-18,20,22-24H2,2-9H3,(H,52,53)/b25-19+,27-21+. The molecular weight excluding hydrogens is 750 g/mol. The fraction of sp³-hybridized carbons (Fsp3) is 0.773. The molecule has 0 spiro atoms. The van der Waals surface area contributed by atoms with Gasteiger partial charge in [0.15, 0.2) is 0 Å². The smallest absolute Gasteiger partial charge is 0.326 e. The number of hydrogen-bond acceptors (Lipinski definition) is 12. The van der Waals surface area contributed by atoms with E-state index in [-0.39, 0.29) is 49.5 Å². The first-order valence-corrected chi connectivity index (χ1v) is 20.9. The number of methoxy groups -OCH3 is 3. The van der Waals surface area contributed by atoms with Gasteiger partial charge in [0.1, 0.15) is 17.9 Å². The second-order valence-corrected chi connectivity index (χ2v) is 17.2. The molecule has 1 saturated carbocycles. The van der Waals surface area contributed by atoms with E-state index in [4.69, 9.17) is 18.9 Å². The lowest BCUT2D eigenvalue weighted by atomic mass is 9.81. The number of amides is 1. The average molecular weight is 822 g/mol. The Labute approximate surface area is 344 Å². The minimum Gasteiger partial charge on any atom is -0.480 e. The number of ketones is 2. The zero-order chi connectivity index (χ0) is 43.5. The minimum absolute atomic E-state index is 0.0432. The molecule has 5 N–H and O–H groups in total. The van der Waals surface area contributed by atoms with Crippen molar-refractivity contribution in [3.05, 3.63) is 36.0 Å². The Morgan fingerprint density at radius 2 is 1.66 bits per heavy atom. The van der Waals surface area contributed by atoms with Crippen molar-refractivity contribution >= 4 is 23.4 Å². The molecule has 0 bridgehead atoms. The highest BCUT2D eigenvalue weighted by Crippen LogP contribution is 2.39. The molecule has 1 amide bonds. The molecule has 2 heterocycles. The largest absolute Gasteiger partial charge is 0.480 e. The maximum absolute atomic E-state index is 13.7. The van der Waals surface area contributed by atoms with Crippen molar-refractivity contribution in [3.63, 3.8) is 0 Å². The van der Waals surface area contributed by atoms with Crippen molar-refractivity contribution in [2.75, 3.05) is 27.9 Å². The number of ether oxygens (including phenoxy) is 4. The number of aliphatic hydroxyl groups excluding tert-OH is 3. The lowest BCUT2D eigenvalue weighted by Crippen LogP contribution is -2.64. The number of aliphatic hydroxyl groups is 4. The molecule has 14 heteroatoms. The Kier molecular flexibility index (Phi) is 19.4. The normalized spacial score (nSPS) is 31.7. The third-order valence-electron chi connectivity index (χ3n) is 12.7. The second kappa shape index (κ2) is 22.7. The molecule has 14 nitrogen and oxygen atoms in total. The van der Waals surface area contributed by atoms with E-state index in [1.807, 2.05) is 32.9 Å². The Balaban J connectivity index is 1.66. The average Bonchev–Trinajstić information content (AvgIpc) is 3.19. The van der Waals surface area contributed by atoms with Crippen LogP contribution in [0.15, 0.2) is 36.0 Å². The Hall–Kier alpha value is -2.82. The van der Waals surface area contributed by atoms with Gasteiger partial charge in [0.25, 0.3) is 11.7 Å². The fourth-order valence-electron chi connectivity index (χ4n) is 9.04. The van der Waals surface area contributed by atoms with Crippen molar-refractivity contribution in [3.8, 4) is 0 Å². The van der Waals surface area contributed by atoms with Crippen molar-refractivity contribution < 1.29 is 63.7 Å². The lowest BCUT2D eigenvalue weighted by Gasteiger charge is -2.47.